The molecule has 10 nitrogen and oxygen atoms in total. The summed E-state index contributed by atoms with van der Waals surface area (Å²) < 4.78 is 5.22. The summed E-state index contributed by atoms with van der Waals surface area (Å²) >= 11 is 0. The van der Waals surface area contributed by atoms with Crippen molar-refractivity contribution in [1.82, 2.24) is 20.4 Å². The Kier molecular flexibility index (Phi) is 6.92. The Hall–Kier alpha value is -3.27. The summed E-state index contributed by atoms with van der Waals surface area (Å²) in [5.41, 5.74) is -0.415. The maximum Gasteiger partial charge on any atom is 0.410 e. The summed E-state index contributed by atoms with van der Waals surface area (Å²) in [6.45, 7) is 7.89. The fourth-order valence-corrected chi connectivity index (χ4v) is 4.90. The summed E-state index contributed by atoms with van der Waals surface area (Å²) in [6.07, 6.45) is 1.63. The standard InChI is InChI=1S/C14H16N2O2.C12H18N2O4/c17-12-6-7-14(9-15-10-14)13(18)16(12)8-11-4-2-1-3-5-11;1-11(2,3)18-10(17)14-6-12(7-14)5-4-8(15)13-9(12)16/h1-5,15H,6-10H2;4-7H2,1-3H3,(H,13,15,16). The lowest BCUT2D eigenvalue weighted by molar-refractivity contribution is -0.161. The fourth-order valence-electron chi connectivity index (χ4n) is 4.90. The minimum absolute atomic E-state index is 0.00125. The number of ether oxygens (including phenoxy) is 1. The number of hydrogen-bond acceptors (Lipinski definition) is 7. The Morgan fingerprint density at radius 1 is 0.972 bits per heavy atom. The molecular formula is C26H34N4O6. The molecule has 0 aliphatic carbocycles. The van der Waals surface area contributed by atoms with Gasteiger partial charge in [-0.25, -0.2) is 4.79 Å². The average Bonchev–Trinajstić information content (AvgIpc) is 2.74. The van der Waals surface area contributed by atoms with Gasteiger partial charge in [0.2, 0.25) is 23.6 Å². The average molecular weight is 499 g/mol. The van der Waals surface area contributed by atoms with Crippen LogP contribution in [0.5, 0.6) is 0 Å². The number of piperidine rings is 2. The van der Waals surface area contributed by atoms with Crippen molar-refractivity contribution in [2.45, 2.75) is 58.6 Å². The molecule has 0 aromatic heterocycles. The molecule has 2 spiro atoms. The predicted molar refractivity (Wildman–Crippen MR) is 129 cm³/mol. The van der Waals surface area contributed by atoms with E-state index in [1.165, 1.54) is 9.80 Å². The number of nitrogens with one attached hydrogen (secondary N) is 2. The first-order valence-corrected chi connectivity index (χ1v) is 12.3. The summed E-state index contributed by atoms with van der Waals surface area (Å²) in [5, 5.41) is 5.47. The number of rotatable bonds is 2. The number of nitrogens with zero attached hydrogens (tertiary/aromatic N) is 2. The largest absolute Gasteiger partial charge is 0.444 e. The molecule has 36 heavy (non-hydrogen) atoms. The molecule has 0 saturated carbocycles. The van der Waals surface area contributed by atoms with Crippen LogP contribution in [0.1, 0.15) is 52.0 Å². The topological polar surface area (TPSA) is 125 Å². The van der Waals surface area contributed by atoms with Gasteiger partial charge in [-0.3, -0.25) is 29.4 Å². The van der Waals surface area contributed by atoms with Gasteiger partial charge < -0.3 is 15.0 Å². The Balaban J connectivity index is 0.000000169. The summed E-state index contributed by atoms with van der Waals surface area (Å²) in [4.78, 5) is 61.8. The molecular weight excluding hydrogens is 464 g/mol. The number of amides is 5. The minimum Gasteiger partial charge on any atom is -0.444 e. The van der Waals surface area contributed by atoms with Crippen LogP contribution < -0.4 is 10.6 Å². The second kappa shape index (κ2) is 9.65. The Labute approximate surface area is 210 Å². The second-order valence-electron chi connectivity index (χ2n) is 11.1. The zero-order chi connectivity index (χ0) is 26.1. The molecule has 1 aromatic rings. The normalized spacial score (nSPS) is 22.3. The molecule has 5 rings (SSSR count). The van der Waals surface area contributed by atoms with Crippen LogP contribution in [0.4, 0.5) is 4.79 Å². The van der Waals surface area contributed by atoms with E-state index in [1.807, 2.05) is 30.3 Å². The van der Waals surface area contributed by atoms with E-state index < -0.39 is 17.1 Å². The molecule has 0 radical (unpaired) electrons. The molecule has 0 atom stereocenters. The number of hydrogen-bond donors (Lipinski definition) is 2. The quantitative estimate of drug-likeness (QED) is 0.593. The zero-order valence-corrected chi connectivity index (χ0v) is 21.1. The zero-order valence-electron chi connectivity index (χ0n) is 21.1. The number of imide groups is 2. The van der Waals surface area contributed by atoms with E-state index in [0.717, 1.165) is 5.56 Å². The van der Waals surface area contributed by atoms with Gasteiger partial charge in [-0.1, -0.05) is 30.3 Å². The number of carbonyl (C=O) groups is 5. The molecule has 0 bridgehead atoms. The van der Waals surface area contributed by atoms with E-state index in [4.69, 9.17) is 4.74 Å². The number of carbonyl (C=O) groups excluding carboxylic acids is 5. The van der Waals surface area contributed by atoms with Gasteiger partial charge in [0.05, 0.1) is 17.4 Å². The lowest BCUT2D eigenvalue weighted by Crippen LogP contribution is -2.67. The third kappa shape index (κ3) is 5.28. The third-order valence-corrected chi connectivity index (χ3v) is 7.13. The van der Waals surface area contributed by atoms with E-state index >= 15 is 0 Å². The minimum atomic E-state index is -0.579. The van der Waals surface area contributed by atoms with Crippen molar-refractivity contribution in [2.75, 3.05) is 26.2 Å². The smallest absolute Gasteiger partial charge is 0.410 e. The molecule has 4 aliphatic heterocycles. The molecule has 5 amide bonds. The molecule has 4 heterocycles. The van der Waals surface area contributed by atoms with Crippen molar-refractivity contribution in [2.24, 2.45) is 10.8 Å². The van der Waals surface area contributed by atoms with Gasteiger partial charge in [0.15, 0.2) is 0 Å². The van der Waals surface area contributed by atoms with Gasteiger partial charge in [0, 0.05) is 39.0 Å². The summed E-state index contributed by atoms with van der Waals surface area (Å²) in [6, 6.07) is 9.67. The van der Waals surface area contributed by atoms with Crippen LogP contribution in [-0.2, 0) is 30.5 Å². The van der Waals surface area contributed by atoms with E-state index in [2.05, 4.69) is 10.6 Å². The van der Waals surface area contributed by atoms with Gasteiger partial charge >= 0.3 is 6.09 Å². The van der Waals surface area contributed by atoms with Gasteiger partial charge in [0.1, 0.15) is 5.60 Å². The Morgan fingerprint density at radius 3 is 2.17 bits per heavy atom. The molecule has 194 valence electrons. The highest BCUT2D eigenvalue weighted by Crippen LogP contribution is 2.38. The first kappa shape index (κ1) is 25.8. The predicted octanol–water partition coefficient (Wildman–Crippen LogP) is 1.59. The highest BCUT2D eigenvalue weighted by atomic mass is 16.6. The molecule has 0 unspecified atom stereocenters. The van der Waals surface area contributed by atoms with E-state index in [1.54, 1.807) is 20.8 Å². The maximum absolute atomic E-state index is 12.4. The monoisotopic (exact) mass is 498 g/mol. The van der Waals surface area contributed by atoms with Gasteiger partial charge in [-0.05, 0) is 39.2 Å². The van der Waals surface area contributed by atoms with Crippen molar-refractivity contribution < 1.29 is 28.7 Å². The van der Waals surface area contributed by atoms with Crippen molar-refractivity contribution in [3.63, 3.8) is 0 Å². The van der Waals surface area contributed by atoms with Gasteiger partial charge in [-0.2, -0.15) is 0 Å². The molecule has 4 saturated heterocycles. The van der Waals surface area contributed by atoms with Crippen molar-refractivity contribution in [1.29, 1.82) is 0 Å². The maximum atomic E-state index is 12.4. The molecule has 2 N–H and O–H groups in total. The number of likely N-dealkylation sites (tertiary alicyclic amines) is 2. The van der Waals surface area contributed by atoms with Gasteiger partial charge in [-0.15, -0.1) is 0 Å². The van der Waals surface area contributed by atoms with Crippen molar-refractivity contribution in [3.8, 4) is 0 Å². The summed E-state index contributed by atoms with van der Waals surface area (Å²) in [7, 11) is 0. The van der Waals surface area contributed by atoms with Gasteiger partial charge in [0.25, 0.3) is 0 Å². The SMILES string of the molecule is CC(C)(C)OC(=O)N1CC2(CCC(=O)NC2=O)C1.O=C1CCC2(CNC2)C(=O)N1Cc1ccccc1. The van der Waals surface area contributed by atoms with Crippen molar-refractivity contribution in [3.05, 3.63) is 35.9 Å². The van der Waals surface area contributed by atoms with E-state index in [-0.39, 0.29) is 29.0 Å². The van der Waals surface area contributed by atoms with Crippen LogP contribution in [0.15, 0.2) is 30.3 Å². The third-order valence-electron chi connectivity index (χ3n) is 7.13. The first-order chi connectivity index (χ1) is 16.9. The van der Waals surface area contributed by atoms with E-state index in [0.29, 0.717) is 58.4 Å². The van der Waals surface area contributed by atoms with Crippen LogP contribution in [-0.4, -0.2) is 71.3 Å². The van der Waals surface area contributed by atoms with Crippen LogP contribution in [0.2, 0.25) is 0 Å². The fraction of sp³-hybridized carbons (Fsp3) is 0.577. The molecule has 4 aliphatic rings. The van der Waals surface area contributed by atoms with Crippen LogP contribution in [0.3, 0.4) is 0 Å². The number of benzene rings is 1. The molecule has 1 aromatic carbocycles. The lowest BCUT2D eigenvalue weighted by Gasteiger charge is -2.49. The molecule has 10 heteroatoms. The van der Waals surface area contributed by atoms with Crippen LogP contribution in [0.25, 0.3) is 0 Å². The first-order valence-electron chi connectivity index (χ1n) is 12.3. The lowest BCUT2D eigenvalue weighted by atomic mass is 9.73. The highest BCUT2D eigenvalue weighted by Gasteiger charge is 2.54. The Bertz CT molecular complexity index is 1050. The van der Waals surface area contributed by atoms with E-state index in [9.17, 15) is 24.0 Å². The van der Waals surface area contributed by atoms with Crippen molar-refractivity contribution >= 4 is 29.7 Å². The second-order valence-corrected chi connectivity index (χ2v) is 11.1. The summed E-state index contributed by atoms with van der Waals surface area (Å²) in [5.74, 6) is -0.539. The Morgan fingerprint density at radius 2 is 1.61 bits per heavy atom. The van der Waals surface area contributed by atoms with Crippen LogP contribution in [0, 0.1) is 10.8 Å². The molecule has 4 fully saturated rings. The highest BCUT2D eigenvalue weighted by molar-refractivity contribution is 6.02. The van der Waals surface area contributed by atoms with Crippen LogP contribution >= 0.6 is 0 Å².